The number of Topliss-reactive ketones (excluding diaryl/α,β-unsaturated/α-hetero) is 2. The molecule has 5 rings (SSSR count). The van der Waals surface area contributed by atoms with Gasteiger partial charge in [-0.3, -0.25) is 28.8 Å². The standard InChI is InChI=1S/C39H45NO18S2/c1-16(9-27(44)45)23(42)10-18(37(51)52)15-60-59-8-7-56-38(53)40-22-12-28(57-17(2)32(22)46)58-25-13-39(54,26(43)14-41)36(50)21-11-20-31(35(49)30(21)25)34(48)29-19(33(20)47)5-4-6-24(29)55-3/h4-6,11,16-18,22,25,28,32,36,41,46,49-50,54H,7-10,12-15H2,1-3H3,(H,40,53)(H,44,45)(H,51,52)/t16-,17?,18-,22?,25-,28?,32?,36?,39-/m0/s1. The van der Waals surface area contributed by atoms with Crippen molar-refractivity contribution in [2.75, 3.05) is 31.8 Å². The first-order valence-electron chi connectivity index (χ1n) is 18.7. The molecule has 0 spiro atoms. The number of fused-ring (bicyclic) bond motifs is 3. The first-order valence-corrected chi connectivity index (χ1v) is 21.2. The fraction of sp³-hybridized carbons (Fsp3) is 0.513. The number of phenolic OH excluding ortho intramolecular Hbond substituents is 1. The average Bonchev–Trinajstić information content (AvgIpc) is 3.20. The SMILES string of the molecule is COc1cccc2c1C(=O)c1c(cc3c(c1O)[C@@H](OC1CC(NC(=O)OCCSSC[C@H](CC(=O)[C@@H](C)CC(=O)O)C(=O)O)C(O)C(C)O1)C[C@](O)(C(=O)CO)C3O)C2=O. The van der Waals surface area contributed by atoms with E-state index in [4.69, 9.17) is 24.1 Å². The second kappa shape index (κ2) is 19.4. The van der Waals surface area contributed by atoms with E-state index in [0.29, 0.717) is 0 Å². The highest BCUT2D eigenvalue weighted by Crippen LogP contribution is 2.52. The van der Waals surface area contributed by atoms with Crippen molar-refractivity contribution in [2.45, 2.75) is 81.9 Å². The van der Waals surface area contributed by atoms with Gasteiger partial charge in [-0.05, 0) is 24.6 Å². The lowest BCUT2D eigenvalue weighted by Gasteiger charge is -2.44. The van der Waals surface area contributed by atoms with Gasteiger partial charge >= 0.3 is 18.0 Å². The van der Waals surface area contributed by atoms with Crippen molar-refractivity contribution in [3.8, 4) is 11.5 Å². The molecule has 2 aliphatic carbocycles. The van der Waals surface area contributed by atoms with Gasteiger partial charge in [0.05, 0.1) is 48.8 Å². The summed E-state index contributed by atoms with van der Waals surface area (Å²) in [5.41, 5.74) is -4.25. The Kier molecular flexibility index (Phi) is 15.0. The fourth-order valence-corrected chi connectivity index (χ4v) is 9.53. The molecule has 1 amide bonds. The van der Waals surface area contributed by atoms with Crippen molar-refractivity contribution in [2.24, 2.45) is 11.8 Å². The number of methoxy groups -OCH3 is 1. The van der Waals surface area contributed by atoms with Crippen molar-refractivity contribution in [1.29, 1.82) is 0 Å². The zero-order valence-electron chi connectivity index (χ0n) is 32.5. The van der Waals surface area contributed by atoms with Crippen LogP contribution in [0.25, 0.3) is 0 Å². The van der Waals surface area contributed by atoms with Crippen molar-refractivity contribution < 1.29 is 88.3 Å². The number of ether oxygens (including phenoxy) is 4. The maximum absolute atomic E-state index is 13.9. The van der Waals surface area contributed by atoms with Gasteiger partial charge in [0.2, 0.25) is 5.78 Å². The third-order valence-electron chi connectivity index (χ3n) is 10.7. The van der Waals surface area contributed by atoms with Gasteiger partial charge in [-0.2, -0.15) is 0 Å². The molecule has 1 heterocycles. The molecular weight excluding hydrogens is 835 g/mol. The van der Waals surface area contributed by atoms with Gasteiger partial charge < -0.3 is 60.0 Å². The summed E-state index contributed by atoms with van der Waals surface area (Å²) in [6.45, 7) is 1.53. The fourth-order valence-electron chi connectivity index (χ4n) is 7.40. The second-order valence-corrected chi connectivity index (χ2v) is 17.3. The molecule has 1 saturated heterocycles. The first kappa shape index (κ1) is 46.5. The summed E-state index contributed by atoms with van der Waals surface area (Å²) >= 11 is 0. The van der Waals surface area contributed by atoms with Gasteiger partial charge in [0.25, 0.3) is 0 Å². The Labute approximate surface area is 350 Å². The van der Waals surface area contributed by atoms with E-state index in [0.717, 1.165) is 16.9 Å². The van der Waals surface area contributed by atoms with E-state index in [9.17, 15) is 64.2 Å². The molecule has 3 aliphatic rings. The number of hydrogen-bond donors (Lipinski definition) is 8. The van der Waals surface area contributed by atoms with E-state index in [2.05, 4.69) is 5.32 Å². The van der Waals surface area contributed by atoms with E-state index < -0.39 is 126 Å². The van der Waals surface area contributed by atoms with Gasteiger partial charge in [0.15, 0.2) is 23.5 Å². The molecule has 8 N–H and O–H groups in total. The lowest BCUT2D eigenvalue weighted by atomic mass is 9.71. The van der Waals surface area contributed by atoms with E-state index in [-0.39, 0.29) is 64.5 Å². The lowest BCUT2D eigenvalue weighted by Crippen LogP contribution is -2.56. The maximum atomic E-state index is 13.9. The van der Waals surface area contributed by atoms with Crippen LogP contribution in [0.4, 0.5) is 4.79 Å². The first-order chi connectivity index (χ1) is 28.3. The van der Waals surface area contributed by atoms with Crippen molar-refractivity contribution in [1.82, 2.24) is 5.32 Å². The largest absolute Gasteiger partial charge is 0.507 e. The topological polar surface area (TPSA) is 310 Å². The highest BCUT2D eigenvalue weighted by atomic mass is 33.1. The number of nitrogens with one attached hydrogen (secondary N) is 1. The molecule has 9 atom stereocenters. The Bertz CT molecular complexity index is 2040. The van der Waals surface area contributed by atoms with Crippen LogP contribution in [0.1, 0.15) is 94.7 Å². The summed E-state index contributed by atoms with van der Waals surface area (Å²) in [4.78, 5) is 88.1. The minimum atomic E-state index is -2.71. The molecule has 1 fully saturated rings. The molecule has 1 aliphatic heterocycles. The van der Waals surface area contributed by atoms with Crippen LogP contribution < -0.4 is 10.1 Å². The summed E-state index contributed by atoms with van der Waals surface area (Å²) in [6.07, 6.45) is -10.0. The molecule has 21 heteroatoms. The van der Waals surface area contributed by atoms with E-state index in [1.165, 1.54) is 50.0 Å². The highest BCUT2D eigenvalue weighted by molar-refractivity contribution is 8.76. The molecule has 0 aromatic heterocycles. The number of alkyl carbamates (subject to hydrolysis) is 1. The Hall–Kier alpha value is -4.61. The van der Waals surface area contributed by atoms with E-state index in [1.807, 2.05) is 0 Å². The molecule has 0 saturated carbocycles. The number of hydrogen-bond acceptors (Lipinski definition) is 18. The maximum Gasteiger partial charge on any atom is 0.407 e. The lowest BCUT2D eigenvalue weighted by molar-refractivity contribution is -0.253. The van der Waals surface area contributed by atoms with Crippen molar-refractivity contribution in [3.63, 3.8) is 0 Å². The van der Waals surface area contributed by atoms with E-state index in [1.54, 1.807) is 0 Å². The van der Waals surface area contributed by atoms with Crippen molar-refractivity contribution >= 4 is 62.8 Å². The summed E-state index contributed by atoms with van der Waals surface area (Å²) < 4.78 is 22.6. The number of carbonyl (C=O) groups is 7. The smallest absolute Gasteiger partial charge is 0.407 e. The van der Waals surface area contributed by atoms with Gasteiger partial charge in [0.1, 0.15) is 42.7 Å². The number of aliphatic hydroxyl groups is 4. The Morgan fingerprint density at radius 1 is 1.03 bits per heavy atom. The normalized spacial score (nSPS) is 25.5. The van der Waals surface area contributed by atoms with Crippen LogP contribution in [-0.2, 0) is 33.4 Å². The van der Waals surface area contributed by atoms with Crippen LogP contribution in [0.5, 0.6) is 11.5 Å². The number of carboxylic acid groups (broad SMARTS) is 2. The zero-order chi connectivity index (χ0) is 44.2. The van der Waals surface area contributed by atoms with Crippen LogP contribution in [0.3, 0.4) is 0 Å². The Balaban J connectivity index is 1.27. The molecule has 2 aromatic carbocycles. The monoisotopic (exact) mass is 879 g/mol. The molecule has 0 bridgehead atoms. The number of phenols is 1. The van der Waals surface area contributed by atoms with Crippen LogP contribution in [0, 0.1) is 11.8 Å². The molecule has 19 nitrogen and oxygen atoms in total. The summed E-state index contributed by atoms with van der Waals surface area (Å²) in [5.74, 6) is -7.97. The quantitative estimate of drug-likeness (QED) is 0.0666. The molecule has 5 unspecified atom stereocenters. The number of aromatic hydroxyl groups is 1. The van der Waals surface area contributed by atoms with Gasteiger partial charge in [-0.1, -0.05) is 40.6 Å². The molecule has 2 aromatic rings. The van der Waals surface area contributed by atoms with Gasteiger partial charge in [-0.25, -0.2) is 4.79 Å². The predicted octanol–water partition coefficient (Wildman–Crippen LogP) is 1.71. The van der Waals surface area contributed by atoms with Crippen LogP contribution in [0.2, 0.25) is 0 Å². The summed E-state index contributed by atoms with van der Waals surface area (Å²) in [6, 6.07) is 4.32. The third kappa shape index (κ3) is 9.62. The third-order valence-corrected chi connectivity index (χ3v) is 13.1. The molecule has 60 heavy (non-hydrogen) atoms. The molecular formula is C39H45NO18S2. The number of benzene rings is 2. The van der Waals surface area contributed by atoms with Crippen LogP contribution in [0.15, 0.2) is 24.3 Å². The Morgan fingerprint density at radius 3 is 2.40 bits per heavy atom. The number of carboxylic acids is 2. The highest BCUT2D eigenvalue weighted by Gasteiger charge is 2.53. The number of rotatable bonds is 18. The summed E-state index contributed by atoms with van der Waals surface area (Å²) in [7, 11) is 3.59. The number of aliphatic hydroxyl groups excluding tert-OH is 3. The van der Waals surface area contributed by atoms with Crippen molar-refractivity contribution in [3.05, 3.63) is 57.6 Å². The van der Waals surface area contributed by atoms with E-state index >= 15 is 0 Å². The zero-order valence-corrected chi connectivity index (χ0v) is 34.2. The minimum Gasteiger partial charge on any atom is -0.507 e. The number of amides is 1. The summed E-state index contributed by atoms with van der Waals surface area (Å²) in [5, 5.41) is 76.2. The van der Waals surface area contributed by atoms with Crippen LogP contribution >= 0.6 is 21.6 Å². The Morgan fingerprint density at radius 2 is 1.75 bits per heavy atom. The predicted molar refractivity (Wildman–Crippen MR) is 209 cm³/mol. The van der Waals surface area contributed by atoms with Crippen LogP contribution in [-0.4, -0.2) is 139 Å². The number of aliphatic carboxylic acids is 2. The molecule has 0 radical (unpaired) electrons. The average molecular weight is 880 g/mol. The van der Waals surface area contributed by atoms with Gasteiger partial charge in [0, 0.05) is 53.4 Å². The minimum absolute atomic E-state index is 0.0264. The molecule has 326 valence electrons. The van der Waals surface area contributed by atoms with Gasteiger partial charge in [-0.15, -0.1) is 0 Å². The second-order valence-electron chi connectivity index (χ2n) is 14.6. The number of ketones is 4. The number of carbonyl (C=O) groups excluding carboxylic acids is 5.